The molecule has 1 heterocycles. The van der Waals surface area contributed by atoms with Crippen LogP contribution in [0.15, 0.2) is 0 Å². The van der Waals surface area contributed by atoms with Crippen LogP contribution < -0.4 is 5.32 Å². The van der Waals surface area contributed by atoms with Crippen molar-refractivity contribution in [2.24, 2.45) is 11.3 Å². The second kappa shape index (κ2) is 6.19. The highest BCUT2D eigenvalue weighted by Crippen LogP contribution is 2.25. The van der Waals surface area contributed by atoms with E-state index in [1.807, 2.05) is 0 Å². The van der Waals surface area contributed by atoms with Crippen molar-refractivity contribution in [3.63, 3.8) is 0 Å². The van der Waals surface area contributed by atoms with Gasteiger partial charge in [-0.3, -0.25) is 4.90 Å². The third-order valence-corrected chi connectivity index (χ3v) is 4.29. The van der Waals surface area contributed by atoms with E-state index in [0.717, 1.165) is 18.5 Å². The third-order valence-electron chi connectivity index (χ3n) is 4.29. The van der Waals surface area contributed by atoms with Crippen LogP contribution >= 0.6 is 0 Å². The van der Waals surface area contributed by atoms with E-state index in [1.165, 1.54) is 25.9 Å². The standard InChI is InChI=1S/C15H32N2/c1-7-12(3)10-17-11-14(15(4,5)6)16-9-13(17)8-2/h12-14,16H,7-11H2,1-6H3. The summed E-state index contributed by atoms with van der Waals surface area (Å²) >= 11 is 0. The van der Waals surface area contributed by atoms with Crippen molar-refractivity contribution in [1.29, 1.82) is 0 Å². The van der Waals surface area contributed by atoms with Crippen molar-refractivity contribution in [3.05, 3.63) is 0 Å². The van der Waals surface area contributed by atoms with Crippen molar-refractivity contribution in [1.82, 2.24) is 10.2 Å². The van der Waals surface area contributed by atoms with Crippen LogP contribution in [0, 0.1) is 11.3 Å². The Hall–Kier alpha value is -0.0800. The summed E-state index contributed by atoms with van der Waals surface area (Å²) < 4.78 is 0. The molecule has 1 N–H and O–H groups in total. The van der Waals surface area contributed by atoms with Gasteiger partial charge in [-0.1, -0.05) is 48.0 Å². The van der Waals surface area contributed by atoms with Gasteiger partial charge in [0.25, 0.3) is 0 Å². The van der Waals surface area contributed by atoms with Crippen LogP contribution in [-0.4, -0.2) is 36.6 Å². The summed E-state index contributed by atoms with van der Waals surface area (Å²) in [6, 6.07) is 1.37. The number of piperazine rings is 1. The number of nitrogens with one attached hydrogen (secondary N) is 1. The number of nitrogens with zero attached hydrogens (tertiary/aromatic N) is 1. The molecule has 0 aromatic carbocycles. The Kier molecular flexibility index (Phi) is 5.46. The van der Waals surface area contributed by atoms with Crippen LogP contribution in [0.25, 0.3) is 0 Å². The summed E-state index contributed by atoms with van der Waals surface area (Å²) in [4.78, 5) is 2.72. The van der Waals surface area contributed by atoms with Gasteiger partial charge in [-0.25, -0.2) is 0 Å². The SMILES string of the molecule is CCC(C)CN1CC(C(C)(C)C)NCC1CC. The molecule has 2 nitrogen and oxygen atoms in total. The highest BCUT2D eigenvalue weighted by Gasteiger charge is 2.33. The smallest absolute Gasteiger partial charge is 0.0244 e. The third kappa shape index (κ3) is 4.26. The summed E-state index contributed by atoms with van der Waals surface area (Å²) in [6.07, 6.45) is 2.56. The van der Waals surface area contributed by atoms with Crippen molar-refractivity contribution >= 4 is 0 Å². The number of rotatable bonds is 4. The Morgan fingerprint density at radius 3 is 2.41 bits per heavy atom. The molecule has 0 aromatic rings. The molecular weight excluding hydrogens is 208 g/mol. The summed E-state index contributed by atoms with van der Waals surface area (Å²) in [7, 11) is 0. The maximum atomic E-state index is 3.74. The van der Waals surface area contributed by atoms with Crippen molar-refractivity contribution in [2.75, 3.05) is 19.6 Å². The minimum Gasteiger partial charge on any atom is -0.311 e. The van der Waals surface area contributed by atoms with Crippen molar-refractivity contribution in [2.45, 2.75) is 66.5 Å². The first kappa shape index (κ1) is 15.0. The van der Waals surface area contributed by atoms with E-state index in [-0.39, 0.29) is 0 Å². The van der Waals surface area contributed by atoms with Crippen LogP contribution in [0.2, 0.25) is 0 Å². The first-order valence-electron chi connectivity index (χ1n) is 7.35. The van der Waals surface area contributed by atoms with E-state index in [1.54, 1.807) is 0 Å². The van der Waals surface area contributed by atoms with Gasteiger partial charge in [-0.05, 0) is 17.8 Å². The summed E-state index contributed by atoms with van der Waals surface area (Å²) in [5.41, 5.74) is 0.367. The molecule has 1 fully saturated rings. The maximum Gasteiger partial charge on any atom is 0.0244 e. The normalized spacial score (nSPS) is 29.3. The average Bonchev–Trinajstić information content (AvgIpc) is 2.27. The Balaban J connectivity index is 2.62. The first-order valence-corrected chi connectivity index (χ1v) is 7.35. The Bertz CT molecular complexity index is 219. The fraction of sp³-hybridized carbons (Fsp3) is 1.00. The quantitative estimate of drug-likeness (QED) is 0.812. The molecule has 0 radical (unpaired) electrons. The van der Waals surface area contributed by atoms with E-state index in [9.17, 15) is 0 Å². The van der Waals surface area contributed by atoms with Crippen molar-refractivity contribution < 1.29 is 0 Å². The number of hydrogen-bond donors (Lipinski definition) is 1. The highest BCUT2D eigenvalue weighted by molar-refractivity contribution is 4.91. The van der Waals surface area contributed by atoms with Gasteiger partial charge < -0.3 is 5.32 Å². The fourth-order valence-corrected chi connectivity index (χ4v) is 2.59. The lowest BCUT2D eigenvalue weighted by Crippen LogP contribution is -2.60. The van der Waals surface area contributed by atoms with Gasteiger partial charge in [0.05, 0.1) is 0 Å². The van der Waals surface area contributed by atoms with Gasteiger partial charge in [-0.2, -0.15) is 0 Å². The highest BCUT2D eigenvalue weighted by atomic mass is 15.2. The zero-order valence-electron chi connectivity index (χ0n) is 12.7. The minimum absolute atomic E-state index is 0.367. The Morgan fingerprint density at radius 1 is 1.29 bits per heavy atom. The van der Waals surface area contributed by atoms with Gasteiger partial charge >= 0.3 is 0 Å². The van der Waals surface area contributed by atoms with Crippen LogP contribution in [0.5, 0.6) is 0 Å². The van der Waals surface area contributed by atoms with Crippen LogP contribution in [0.1, 0.15) is 54.4 Å². The average molecular weight is 240 g/mol. The minimum atomic E-state index is 0.367. The first-order chi connectivity index (χ1) is 7.88. The molecule has 0 spiro atoms. The second-order valence-corrected chi connectivity index (χ2v) is 6.86. The topological polar surface area (TPSA) is 15.3 Å². The van der Waals surface area contributed by atoms with E-state index >= 15 is 0 Å². The van der Waals surface area contributed by atoms with Crippen LogP contribution in [-0.2, 0) is 0 Å². The molecule has 1 aliphatic rings. The number of hydrogen-bond acceptors (Lipinski definition) is 2. The summed E-state index contributed by atoms with van der Waals surface area (Å²) in [5, 5.41) is 3.74. The van der Waals surface area contributed by atoms with E-state index in [0.29, 0.717) is 11.5 Å². The predicted octanol–water partition coefficient (Wildman–Crippen LogP) is 3.13. The molecule has 17 heavy (non-hydrogen) atoms. The molecule has 2 heteroatoms. The lowest BCUT2D eigenvalue weighted by atomic mass is 9.84. The molecule has 1 rings (SSSR count). The molecule has 0 amide bonds. The lowest BCUT2D eigenvalue weighted by Gasteiger charge is -2.45. The molecule has 102 valence electrons. The Morgan fingerprint density at radius 2 is 1.94 bits per heavy atom. The zero-order chi connectivity index (χ0) is 13.1. The Labute approximate surface area is 108 Å². The van der Waals surface area contributed by atoms with Gasteiger partial charge in [0.2, 0.25) is 0 Å². The molecule has 0 aromatic heterocycles. The van der Waals surface area contributed by atoms with Gasteiger partial charge in [-0.15, -0.1) is 0 Å². The van der Waals surface area contributed by atoms with Gasteiger partial charge in [0, 0.05) is 31.7 Å². The molecular formula is C15H32N2. The second-order valence-electron chi connectivity index (χ2n) is 6.86. The molecule has 3 atom stereocenters. The predicted molar refractivity (Wildman–Crippen MR) is 76.4 cm³/mol. The molecule has 0 bridgehead atoms. The molecule has 1 aliphatic heterocycles. The van der Waals surface area contributed by atoms with E-state index < -0.39 is 0 Å². The van der Waals surface area contributed by atoms with Crippen LogP contribution in [0.4, 0.5) is 0 Å². The largest absolute Gasteiger partial charge is 0.311 e. The van der Waals surface area contributed by atoms with E-state index in [4.69, 9.17) is 0 Å². The summed E-state index contributed by atoms with van der Waals surface area (Å²) in [6.45, 7) is 17.7. The van der Waals surface area contributed by atoms with E-state index in [2.05, 4.69) is 51.8 Å². The molecule has 3 unspecified atom stereocenters. The van der Waals surface area contributed by atoms with Crippen LogP contribution in [0.3, 0.4) is 0 Å². The monoisotopic (exact) mass is 240 g/mol. The maximum absolute atomic E-state index is 3.74. The summed E-state index contributed by atoms with van der Waals surface area (Å²) in [5.74, 6) is 0.822. The van der Waals surface area contributed by atoms with Gasteiger partial charge in [0.1, 0.15) is 0 Å². The van der Waals surface area contributed by atoms with Crippen molar-refractivity contribution in [3.8, 4) is 0 Å². The zero-order valence-corrected chi connectivity index (χ0v) is 12.7. The molecule has 1 saturated heterocycles. The van der Waals surface area contributed by atoms with Gasteiger partial charge in [0.15, 0.2) is 0 Å². The fourth-order valence-electron chi connectivity index (χ4n) is 2.59. The molecule has 0 saturated carbocycles. The molecule has 0 aliphatic carbocycles. The lowest BCUT2D eigenvalue weighted by molar-refractivity contribution is 0.0715.